The van der Waals surface area contributed by atoms with Crippen LogP contribution in [0.4, 0.5) is 0 Å². The number of aldehydes is 1. The van der Waals surface area contributed by atoms with Gasteiger partial charge in [0, 0.05) is 12.5 Å². The lowest BCUT2D eigenvalue weighted by atomic mass is 10.00. The minimum Gasteiger partial charge on any atom is -0.396 e. The van der Waals surface area contributed by atoms with E-state index in [4.69, 9.17) is 15.3 Å². The van der Waals surface area contributed by atoms with Crippen molar-refractivity contribution in [3.8, 4) is 0 Å². The Kier molecular flexibility index (Phi) is 5.02. The van der Waals surface area contributed by atoms with E-state index in [1.54, 1.807) is 0 Å². The van der Waals surface area contributed by atoms with Crippen LogP contribution in [-0.2, 0) is 4.79 Å². The van der Waals surface area contributed by atoms with Gasteiger partial charge in [-0.3, -0.25) is 0 Å². The van der Waals surface area contributed by atoms with Gasteiger partial charge in [0.05, 0.1) is 12.2 Å². The summed E-state index contributed by atoms with van der Waals surface area (Å²) in [5.41, 5.74) is 0. The molecule has 4 nitrogen and oxygen atoms in total. The Labute approximate surface area is 65.5 Å². The van der Waals surface area contributed by atoms with Gasteiger partial charge < -0.3 is 20.1 Å². The Morgan fingerprint density at radius 2 is 2.00 bits per heavy atom. The van der Waals surface area contributed by atoms with E-state index in [-0.39, 0.29) is 13.0 Å². The highest BCUT2D eigenvalue weighted by Crippen LogP contribution is 2.07. The van der Waals surface area contributed by atoms with Crippen LogP contribution in [0.3, 0.4) is 0 Å². The van der Waals surface area contributed by atoms with Gasteiger partial charge in [0.25, 0.3) is 0 Å². The van der Waals surface area contributed by atoms with Crippen molar-refractivity contribution in [1.29, 1.82) is 0 Å². The van der Waals surface area contributed by atoms with E-state index < -0.39 is 18.1 Å². The molecule has 0 saturated heterocycles. The van der Waals surface area contributed by atoms with Gasteiger partial charge in [-0.1, -0.05) is 6.92 Å². The molecule has 0 heterocycles. The molecule has 3 N–H and O–H groups in total. The van der Waals surface area contributed by atoms with Crippen LogP contribution in [0, 0.1) is 5.92 Å². The van der Waals surface area contributed by atoms with Crippen molar-refractivity contribution < 1.29 is 20.1 Å². The molecule has 66 valence electrons. The second kappa shape index (κ2) is 5.23. The van der Waals surface area contributed by atoms with E-state index in [2.05, 4.69) is 0 Å². The number of aliphatic hydroxyl groups excluding tert-OH is 3. The van der Waals surface area contributed by atoms with Gasteiger partial charge >= 0.3 is 0 Å². The summed E-state index contributed by atoms with van der Waals surface area (Å²) in [6.45, 7) is 1.32. The zero-order chi connectivity index (χ0) is 8.85. The lowest BCUT2D eigenvalue weighted by Gasteiger charge is -2.18. The molecule has 0 bridgehead atoms. The highest BCUT2D eigenvalue weighted by atomic mass is 16.3. The maximum atomic E-state index is 10.1. The summed E-state index contributed by atoms with van der Waals surface area (Å²) in [4.78, 5) is 10.1. The Bertz CT molecular complexity index is 115. The van der Waals surface area contributed by atoms with Crippen molar-refractivity contribution in [3.05, 3.63) is 0 Å². The highest BCUT2D eigenvalue weighted by Gasteiger charge is 2.21. The molecule has 0 aromatic rings. The van der Waals surface area contributed by atoms with Crippen molar-refractivity contribution in [2.75, 3.05) is 6.61 Å². The third-order valence-corrected chi connectivity index (χ3v) is 1.57. The first kappa shape index (κ1) is 10.6. The molecule has 4 heteroatoms. The Morgan fingerprint density at radius 3 is 2.36 bits per heavy atom. The van der Waals surface area contributed by atoms with Gasteiger partial charge in [0.15, 0.2) is 0 Å². The zero-order valence-electron chi connectivity index (χ0n) is 6.47. The lowest BCUT2D eigenvalue weighted by molar-refractivity contribution is -0.117. The van der Waals surface area contributed by atoms with Crippen LogP contribution in [0.2, 0.25) is 0 Å². The highest BCUT2D eigenvalue weighted by molar-refractivity contribution is 5.53. The molecule has 0 fully saturated rings. The molecule has 0 aliphatic carbocycles. The third kappa shape index (κ3) is 3.46. The summed E-state index contributed by atoms with van der Waals surface area (Å²) in [6, 6.07) is 0. The van der Waals surface area contributed by atoms with Crippen LogP contribution in [0.5, 0.6) is 0 Å². The molecular formula is C7H14O4. The van der Waals surface area contributed by atoms with Gasteiger partial charge in [-0.05, 0) is 6.42 Å². The summed E-state index contributed by atoms with van der Waals surface area (Å²) in [6.07, 6.45) is -1.41. The van der Waals surface area contributed by atoms with Gasteiger partial charge in [0.1, 0.15) is 6.29 Å². The SMILES string of the molecule is C[C@@H](C=O)[C@@H](O)[C@@H](O)CCO. The van der Waals surface area contributed by atoms with Gasteiger partial charge in [-0.2, -0.15) is 0 Å². The monoisotopic (exact) mass is 162 g/mol. The van der Waals surface area contributed by atoms with Gasteiger partial charge in [-0.15, -0.1) is 0 Å². The topological polar surface area (TPSA) is 77.8 Å². The van der Waals surface area contributed by atoms with Crippen molar-refractivity contribution in [2.24, 2.45) is 5.92 Å². The number of carbonyl (C=O) groups excluding carboxylic acids is 1. The fourth-order valence-electron chi connectivity index (χ4n) is 0.734. The quantitative estimate of drug-likeness (QED) is 0.450. The Balaban J connectivity index is 3.79. The van der Waals surface area contributed by atoms with Crippen LogP contribution in [0.15, 0.2) is 0 Å². The van der Waals surface area contributed by atoms with Crippen LogP contribution < -0.4 is 0 Å². The molecule has 3 atom stereocenters. The van der Waals surface area contributed by atoms with E-state index in [9.17, 15) is 4.79 Å². The first-order valence-electron chi connectivity index (χ1n) is 3.55. The average Bonchev–Trinajstić information content (AvgIpc) is 2.02. The summed E-state index contributed by atoms with van der Waals surface area (Å²) in [7, 11) is 0. The lowest BCUT2D eigenvalue weighted by Crippen LogP contribution is -2.33. The number of hydrogen-bond donors (Lipinski definition) is 3. The molecule has 0 spiro atoms. The number of aliphatic hydroxyl groups is 3. The average molecular weight is 162 g/mol. The standard InChI is InChI=1S/C7H14O4/c1-5(4-9)7(11)6(10)2-3-8/h4-8,10-11H,2-3H2,1H3/t5-,6-,7+/m0/s1. The fraction of sp³-hybridized carbons (Fsp3) is 0.857. The first-order valence-corrected chi connectivity index (χ1v) is 3.55. The molecular weight excluding hydrogens is 148 g/mol. The van der Waals surface area contributed by atoms with Crippen molar-refractivity contribution in [3.63, 3.8) is 0 Å². The minimum absolute atomic E-state index is 0.0966. The van der Waals surface area contributed by atoms with Crippen LogP contribution in [-0.4, -0.2) is 40.4 Å². The summed E-state index contributed by atoms with van der Waals surface area (Å²) < 4.78 is 0. The fourth-order valence-corrected chi connectivity index (χ4v) is 0.734. The predicted octanol–water partition coefficient (Wildman–Crippen LogP) is -1.07. The Hall–Kier alpha value is -0.450. The maximum Gasteiger partial charge on any atom is 0.125 e. The maximum absolute atomic E-state index is 10.1. The largest absolute Gasteiger partial charge is 0.396 e. The second-order valence-corrected chi connectivity index (χ2v) is 2.57. The third-order valence-electron chi connectivity index (χ3n) is 1.57. The van der Waals surface area contributed by atoms with E-state index >= 15 is 0 Å². The normalized spacial score (nSPS) is 18.9. The van der Waals surface area contributed by atoms with Crippen LogP contribution >= 0.6 is 0 Å². The predicted molar refractivity (Wildman–Crippen MR) is 38.9 cm³/mol. The molecule has 11 heavy (non-hydrogen) atoms. The van der Waals surface area contributed by atoms with Gasteiger partial charge in [0.2, 0.25) is 0 Å². The van der Waals surface area contributed by atoms with E-state index in [0.29, 0.717) is 6.29 Å². The van der Waals surface area contributed by atoms with E-state index in [0.717, 1.165) is 0 Å². The minimum atomic E-state index is -1.07. The molecule has 0 amide bonds. The first-order chi connectivity index (χ1) is 5.13. The smallest absolute Gasteiger partial charge is 0.125 e. The second-order valence-electron chi connectivity index (χ2n) is 2.57. The van der Waals surface area contributed by atoms with Crippen molar-refractivity contribution in [2.45, 2.75) is 25.6 Å². The summed E-state index contributed by atoms with van der Waals surface area (Å²) in [5, 5.41) is 26.6. The van der Waals surface area contributed by atoms with E-state index in [1.165, 1.54) is 6.92 Å². The van der Waals surface area contributed by atoms with Gasteiger partial charge in [-0.25, -0.2) is 0 Å². The zero-order valence-corrected chi connectivity index (χ0v) is 6.47. The molecule has 0 aliphatic rings. The summed E-state index contributed by atoms with van der Waals surface area (Å²) >= 11 is 0. The van der Waals surface area contributed by atoms with Crippen LogP contribution in [0.1, 0.15) is 13.3 Å². The van der Waals surface area contributed by atoms with E-state index in [1.807, 2.05) is 0 Å². The molecule has 0 unspecified atom stereocenters. The molecule has 0 aliphatic heterocycles. The number of carbonyl (C=O) groups is 1. The molecule has 0 saturated carbocycles. The van der Waals surface area contributed by atoms with Crippen LogP contribution in [0.25, 0.3) is 0 Å². The molecule has 0 aromatic heterocycles. The number of hydrogen-bond acceptors (Lipinski definition) is 4. The summed E-state index contributed by atoms with van der Waals surface area (Å²) in [5.74, 6) is -0.587. The Morgan fingerprint density at radius 1 is 1.45 bits per heavy atom. The molecule has 0 aromatic carbocycles. The van der Waals surface area contributed by atoms with Crippen molar-refractivity contribution >= 4 is 6.29 Å². The number of rotatable bonds is 5. The molecule has 0 radical (unpaired) electrons. The van der Waals surface area contributed by atoms with Crippen molar-refractivity contribution in [1.82, 2.24) is 0 Å². The molecule has 0 rings (SSSR count).